The molecule has 5 heteroatoms. The van der Waals surface area contributed by atoms with E-state index >= 15 is 0 Å². The Kier molecular flexibility index (Phi) is 5.18. The van der Waals surface area contributed by atoms with Crippen LogP contribution < -0.4 is 0 Å². The van der Waals surface area contributed by atoms with Crippen molar-refractivity contribution in [3.05, 3.63) is 17.2 Å². The molecular formula is C15H26N2O3. The number of hydrogen-bond donors (Lipinski definition) is 2. The molecule has 2 N–H and O–H groups in total. The lowest BCUT2D eigenvalue weighted by Gasteiger charge is -2.36. The van der Waals surface area contributed by atoms with Gasteiger partial charge >= 0.3 is 0 Å². The van der Waals surface area contributed by atoms with Crippen LogP contribution in [0.3, 0.4) is 0 Å². The van der Waals surface area contributed by atoms with Crippen LogP contribution in [0.2, 0.25) is 0 Å². The summed E-state index contributed by atoms with van der Waals surface area (Å²) in [4.78, 5) is 8.19. The molecule has 5 nitrogen and oxygen atoms in total. The number of ether oxygens (including phenoxy) is 2. The summed E-state index contributed by atoms with van der Waals surface area (Å²) in [6.45, 7) is 4.26. The van der Waals surface area contributed by atoms with Gasteiger partial charge in [-0.15, -0.1) is 0 Å². The largest absolute Gasteiger partial charge is 0.388 e. The molecule has 0 spiro atoms. The van der Waals surface area contributed by atoms with Crippen molar-refractivity contribution in [2.45, 2.75) is 63.8 Å². The molecule has 0 saturated heterocycles. The van der Waals surface area contributed by atoms with Crippen LogP contribution in [0.5, 0.6) is 0 Å². The molecule has 1 aliphatic carbocycles. The van der Waals surface area contributed by atoms with Crippen LogP contribution in [0.4, 0.5) is 0 Å². The zero-order chi connectivity index (χ0) is 14.7. The fourth-order valence-corrected chi connectivity index (χ4v) is 3.12. The average Bonchev–Trinajstić information content (AvgIpc) is 2.90. The third-order valence-corrected chi connectivity index (χ3v) is 4.36. The monoisotopic (exact) mass is 282 g/mol. The van der Waals surface area contributed by atoms with E-state index in [9.17, 15) is 5.11 Å². The van der Waals surface area contributed by atoms with Crippen LogP contribution in [0.1, 0.15) is 49.8 Å². The van der Waals surface area contributed by atoms with Gasteiger partial charge in [0.05, 0.1) is 17.9 Å². The molecule has 114 valence electrons. The normalized spacial score (nSPS) is 30.6. The summed E-state index contributed by atoms with van der Waals surface area (Å²) in [5, 5.41) is 10.2. The minimum atomic E-state index is -0.562. The summed E-state index contributed by atoms with van der Waals surface area (Å²) >= 11 is 0. The molecule has 1 aliphatic rings. The number of aromatic amines is 1. The Morgan fingerprint density at radius 1 is 1.15 bits per heavy atom. The van der Waals surface area contributed by atoms with E-state index in [1.54, 1.807) is 14.2 Å². The summed E-state index contributed by atoms with van der Waals surface area (Å²) in [5.74, 6) is 1.26. The van der Waals surface area contributed by atoms with Crippen molar-refractivity contribution in [2.75, 3.05) is 14.2 Å². The Balaban J connectivity index is 2.21. The molecule has 1 aromatic rings. The van der Waals surface area contributed by atoms with Crippen molar-refractivity contribution in [3.63, 3.8) is 0 Å². The topological polar surface area (TPSA) is 67.4 Å². The first kappa shape index (κ1) is 15.5. The maximum Gasteiger partial charge on any atom is 0.109 e. The summed E-state index contributed by atoms with van der Waals surface area (Å²) in [6, 6.07) is 0. The van der Waals surface area contributed by atoms with Gasteiger partial charge in [0.1, 0.15) is 11.9 Å². The van der Waals surface area contributed by atoms with E-state index in [2.05, 4.69) is 18.8 Å². The van der Waals surface area contributed by atoms with Crippen LogP contribution in [-0.2, 0) is 22.3 Å². The van der Waals surface area contributed by atoms with Gasteiger partial charge in [-0.25, -0.2) is 4.98 Å². The number of aliphatic hydroxyl groups is 1. The van der Waals surface area contributed by atoms with Crippen LogP contribution in [0, 0.1) is 0 Å². The molecule has 2 unspecified atom stereocenters. The minimum absolute atomic E-state index is 0.195. The lowest BCUT2D eigenvalue weighted by Crippen LogP contribution is -2.45. The van der Waals surface area contributed by atoms with Gasteiger partial charge in [-0.05, 0) is 25.7 Å². The Morgan fingerprint density at radius 3 is 2.15 bits per heavy atom. The molecule has 0 radical (unpaired) electrons. The van der Waals surface area contributed by atoms with Gasteiger partial charge in [0.25, 0.3) is 0 Å². The van der Waals surface area contributed by atoms with Gasteiger partial charge in [-0.3, -0.25) is 0 Å². The summed E-state index contributed by atoms with van der Waals surface area (Å²) in [5.41, 5.74) is 2.37. The van der Waals surface area contributed by atoms with E-state index in [0.717, 1.165) is 37.2 Å². The number of hydrogen-bond acceptors (Lipinski definition) is 4. The van der Waals surface area contributed by atoms with E-state index in [4.69, 9.17) is 14.5 Å². The number of nitrogens with zero attached hydrogens (tertiary/aromatic N) is 1. The molecule has 20 heavy (non-hydrogen) atoms. The molecule has 0 amide bonds. The first-order valence-electron chi connectivity index (χ1n) is 7.45. The van der Waals surface area contributed by atoms with Gasteiger partial charge in [-0.1, -0.05) is 13.8 Å². The first-order valence-corrected chi connectivity index (χ1v) is 7.45. The molecule has 0 bridgehead atoms. The quantitative estimate of drug-likeness (QED) is 0.864. The zero-order valence-electron chi connectivity index (χ0n) is 12.8. The fourth-order valence-electron chi connectivity index (χ4n) is 3.12. The number of H-pyrrole nitrogens is 1. The Morgan fingerprint density at radius 2 is 1.75 bits per heavy atom. The smallest absolute Gasteiger partial charge is 0.109 e. The van der Waals surface area contributed by atoms with Crippen molar-refractivity contribution in [3.8, 4) is 0 Å². The van der Waals surface area contributed by atoms with Crippen LogP contribution in [0.25, 0.3) is 0 Å². The van der Waals surface area contributed by atoms with Gasteiger partial charge in [0, 0.05) is 25.8 Å². The minimum Gasteiger partial charge on any atom is -0.388 e. The highest BCUT2D eigenvalue weighted by Gasteiger charge is 2.38. The SMILES string of the molecule is CCc1nc(C2CC(OC)C(O)C(OC)C2)[nH]c1CC. The average molecular weight is 282 g/mol. The second-order valence-electron chi connectivity index (χ2n) is 5.46. The molecule has 1 aromatic heterocycles. The van der Waals surface area contributed by atoms with Crippen LogP contribution in [0.15, 0.2) is 0 Å². The van der Waals surface area contributed by atoms with Crippen molar-refractivity contribution < 1.29 is 14.6 Å². The predicted molar refractivity (Wildman–Crippen MR) is 76.9 cm³/mol. The fraction of sp³-hybridized carbons (Fsp3) is 0.800. The van der Waals surface area contributed by atoms with E-state index in [1.165, 1.54) is 5.69 Å². The Hall–Kier alpha value is -0.910. The number of aromatic nitrogens is 2. The Labute approximate surface area is 120 Å². The van der Waals surface area contributed by atoms with E-state index in [0.29, 0.717) is 0 Å². The van der Waals surface area contributed by atoms with Crippen molar-refractivity contribution in [2.24, 2.45) is 0 Å². The molecular weight excluding hydrogens is 256 g/mol. The number of rotatable bonds is 5. The highest BCUT2D eigenvalue weighted by atomic mass is 16.5. The number of aliphatic hydroxyl groups excluding tert-OH is 1. The van der Waals surface area contributed by atoms with Crippen LogP contribution in [-0.4, -0.2) is 47.6 Å². The highest BCUT2D eigenvalue weighted by Crippen LogP contribution is 2.35. The second-order valence-corrected chi connectivity index (χ2v) is 5.46. The van der Waals surface area contributed by atoms with E-state index < -0.39 is 6.10 Å². The summed E-state index contributed by atoms with van der Waals surface area (Å²) in [6.07, 6.45) is 2.50. The van der Waals surface area contributed by atoms with Crippen molar-refractivity contribution in [1.29, 1.82) is 0 Å². The molecule has 1 fully saturated rings. The van der Waals surface area contributed by atoms with Crippen molar-refractivity contribution in [1.82, 2.24) is 9.97 Å². The van der Waals surface area contributed by atoms with Gasteiger partial charge < -0.3 is 19.6 Å². The van der Waals surface area contributed by atoms with Crippen molar-refractivity contribution >= 4 is 0 Å². The predicted octanol–water partition coefficient (Wildman–Crippen LogP) is 1.80. The summed E-state index contributed by atoms with van der Waals surface area (Å²) in [7, 11) is 3.28. The van der Waals surface area contributed by atoms with E-state index in [-0.39, 0.29) is 18.1 Å². The van der Waals surface area contributed by atoms with Gasteiger partial charge in [0.15, 0.2) is 0 Å². The second kappa shape index (κ2) is 6.70. The Bertz CT molecular complexity index is 397. The number of methoxy groups -OCH3 is 2. The zero-order valence-corrected chi connectivity index (χ0v) is 12.8. The highest BCUT2D eigenvalue weighted by molar-refractivity contribution is 5.18. The maximum absolute atomic E-state index is 10.2. The molecule has 2 rings (SSSR count). The number of aryl methyl sites for hydroxylation is 2. The molecule has 0 aromatic carbocycles. The maximum atomic E-state index is 10.2. The number of nitrogens with one attached hydrogen (secondary N) is 1. The standard InChI is InChI=1S/C15H26N2O3/c1-5-10-11(6-2)17-15(16-10)9-7-12(19-3)14(18)13(8-9)20-4/h9,12-14,18H,5-8H2,1-4H3,(H,16,17). The summed E-state index contributed by atoms with van der Waals surface area (Å²) < 4.78 is 10.8. The first-order chi connectivity index (χ1) is 9.64. The molecule has 2 atom stereocenters. The van der Waals surface area contributed by atoms with Gasteiger partial charge in [0.2, 0.25) is 0 Å². The van der Waals surface area contributed by atoms with E-state index in [1.807, 2.05) is 0 Å². The molecule has 1 saturated carbocycles. The van der Waals surface area contributed by atoms with Crippen LogP contribution >= 0.6 is 0 Å². The lowest BCUT2D eigenvalue weighted by atomic mass is 9.82. The lowest BCUT2D eigenvalue weighted by molar-refractivity contribution is -0.118. The molecule has 1 heterocycles. The third-order valence-electron chi connectivity index (χ3n) is 4.36. The van der Waals surface area contributed by atoms with Gasteiger partial charge in [-0.2, -0.15) is 0 Å². The molecule has 0 aliphatic heterocycles. The third kappa shape index (κ3) is 2.90. The number of imidazole rings is 1.